The molecule has 1 heterocycles. The van der Waals surface area contributed by atoms with Gasteiger partial charge in [-0.25, -0.2) is 8.42 Å². The Kier molecular flexibility index (Phi) is 6.29. The fourth-order valence-electron chi connectivity index (χ4n) is 2.81. The van der Waals surface area contributed by atoms with Crippen molar-refractivity contribution in [3.8, 4) is 11.5 Å². The minimum atomic E-state index is -3.73. The molecule has 1 saturated heterocycles. The molecule has 0 spiro atoms. The summed E-state index contributed by atoms with van der Waals surface area (Å²) in [5.74, 6) is 0.824. The molecule has 0 saturated carbocycles. The molecule has 1 aromatic rings. The summed E-state index contributed by atoms with van der Waals surface area (Å²) in [6.07, 6.45) is 0. The molecule has 0 N–H and O–H groups in total. The molecule has 1 aliphatic heterocycles. The van der Waals surface area contributed by atoms with Gasteiger partial charge in [-0.3, -0.25) is 4.79 Å². The third kappa shape index (κ3) is 4.24. The van der Waals surface area contributed by atoms with Gasteiger partial charge in [0.05, 0.1) is 13.2 Å². The lowest BCUT2D eigenvalue weighted by molar-refractivity contribution is -0.129. The number of benzene rings is 1. The molecule has 1 aliphatic rings. The van der Waals surface area contributed by atoms with Crippen LogP contribution in [0.15, 0.2) is 17.0 Å². The van der Waals surface area contributed by atoms with Gasteiger partial charge in [-0.05, 0) is 32.4 Å². The summed E-state index contributed by atoms with van der Waals surface area (Å²) in [4.78, 5) is 13.2. The molecular formula is C17H26N2O5S. The molecular weight excluding hydrogens is 344 g/mol. The minimum absolute atomic E-state index is 0.0407. The number of sulfonamides is 1. The number of rotatable bonds is 6. The van der Waals surface area contributed by atoms with Crippen LogP contribution in [0.2, 0.25) is 0 Å². The Bertz CT molecular complexity index is 725. The summed E-state index contributed by atoms with van der Waals surface area (Å²) in [5.41, 5.74) is 0.825. The average molecular weight is 370 g/mol. The largest absolute Gasteiger partial charge is 0.494 e. The molecule has 0 aliphatic carbocycles. The quantitative estimate of drug-likeness (QED) is 0.761. The fourth-order valence-corrected chi connectivity index (χ4v) is 4.36. The Balaban J connectivity index is 2.37. The van der Waals surface area contributed by atoms with Crippen LogP contribution in [0, 0.1) is 6.92 Å². The molecule has 25 heavy (non-hydrogen) atoms. The van der Waals surface area contributed by atoms with Gasteiger partial charge in [0.15, 0.2) is 0 Å². The molecule has 0 unspecified atom stereocenters. The Morgan fingerprint density at radius 1 is 1.04 bits per heavy atom. The fraction of sp³-hybridized carbons (Fsp3) is 0.588. The maximum atomic E-state index is 13.1. The van der Waals surface area contributed by atoms with E-state index in [1.807, 2.05) is 20.8 Å². The van der Waals surface area contributed by atoms with Crippen molar-refractivity contribution in [3.63, 3.8) is 0 Å². The summed E-state index contributed by atoms with van der Waals surface area (Å²) >= 11 is 0. The van der Waals surface area contributed by atoms with Gasteiger partial charge in [-0.1, -0.05) is 0 Å². The van der Waals surface area contributed by atoms with Crippen molar-refractivity contribution in [2.24, 2.45) is 0 Å². The second kappa shape index (κ2) is 8.05. The van der Waals surface area contributed by atoms with Gasteiger partial charge in [0, 0.05) is 39.2 Å². The predicted octanol–water partition coefficient (Wildman–Crippen LogP) is 1.65. The smallest absolute Gasteiger partial charge is 0.247 e. The van der Waals surface area contributed by atoms with E-state index in [1.165, 1.54) is 17.3 Å². The van der Waals surface area contributed by atoms with Crippen LogP contribution in [0.25, 0.3) is 0 Å². The molecule has 1 fully saturated rings. The van der Waals surface area contributed by atoms with E-state index in [-0.39, 0.29) is 23.9 Å². The molecule has 0 aromatic heterocycles. The van der Waals surface area contributed by atoms with Gasteiger partial charge in [0.1, 0.15) is 16.4 Å². The first-order valence-electron chi connectivity index (χ1n) is 8.47. The zero-order valence-electron chi connectivity index (χ0n) is 15.2. The Morgan fingerprint density at radius 3 is 2.12 bits per heavy atom. The Labute approximate surface area is 149 Å². The van der Waals surface area contributed by atoms with Crippen molar-refractivity contribution in [1.82, 2.24) is 9.21 Å². The number of carbonyl (C=O) groups excluding carboxylic acids is 1. The normalized spacial score (nSPS) is 15.9. The first kappa shape index (κ1) is 19.5. The third-order valence-electron chi connectivity index (χ3n) is 4.14. The van der Waals surface area contributed by atoms with Crippen molar-refractivity contribution in [3.05, 3.63) is 17.7 Å². The topological polar surface area (TPSA) is 76.2 Å². The van der Waals surface area contributed by atoms with Gasteiger partial charge >= 0.3 is 0 Å². The van der Waals surface area contributed by atoms with Crippen molar-refractivity contribution < 1.29 is 22.7 Å². The first-order chi connectivity index (χ1) is 11.8. The van der Waals surface area contributed by atoms with Gasteiger partial charge < -0.3 is 14.4 Å². The van der Waals surface area contributed by atoms with Crippen LogP contribution in [-0.4, -0.2) is 62.9 Å². The maximum absolute atomic E-state index is 13.1. The molecule has 8 heteroatoms. The third-order valence-corrected chi connectivity index (χ3v) is 6.06. The zero-order chi connectivity index (χ0) is 18.6. The molecule has 0 radical (unpaired) electrons. The van der Waals surface area contributed by atoms with Crippen molar-refractivity contribution in [1.29, 1.82) is 0 Å². The number of amides is 1. The first-order valence-corrected chi connectivity index (χ1v) is 9.91. The lowest BCUT2D eigenvalue weighted by atomic mass is 10.2. The lowest BCUT2D eigenvalue weighted by Gasteiger charge is -2.33. The van der Waals surface area contributed by atoms with E-state index in [1.54, 1.807) is 11.0 Å². The summed E-state index contributed by atoms with van der Waals surface area (Å²) in [5, 5.41) is 0. The minimum Gasteiger partial charge on any atom is -0.494 e. The molecule has 140 valence electrons. The second-order valence-electron chi connectivity index (χ2n) is 5.84. The van der Waals surface area contributed by atoms with E-state index < -0.39 is 10.0 Å². The molecule has 0 atom stereocenters. The van der Waals surface area contributed by atoms with Crippen LogP contribution in [-0.2, 0) is 14.8 Å². The predicted molar refractivity (Wildman–Crippen MR) is 94.5 cm³/mol. The number of nitrogens with zero attached hydrogens (tertiary/aromatic N) is 2. The van der Waals surface area contributed by atoms with Gasteiger partial charge in [-0.2, -0.15) is 4.31 Å². The Morgan fingerprint density at radius 2 is 1.60 bits per heavy atom. The van der Waals surface area contributed by atoms with E-state index in [0.717, 1.165) is 5.56 Å². The zero-order valence-corrected chi connectivity index (χ0v) is 16.1. The summed E-state index contributed by atoms with van der Waals surface area (Å²) in [6.45, 7) is 9.15. The van der Waals surface area contributed by atoms with E-state index in [0.29, 0.717) is 37.8 Å². The van der Waals surface area contributed by atoms with Gasteiger partial charge in [0.25, 0.3) is 0 Å². The SMILES string of the molecule is CCOc1cc(S(=O)(=O)N2CCN(C(C)=O)CC2)c(OCC)cc1C. The van der Waals surface area contributed by atoms with E-state index in [2.05, 4.69) is 0 Å². The standard InChI is InChI=1S/C17H26N2O5S/c1-5-23-15-12-17(16(24-6-2)11-13(15)3)25(21,22)19-9-7-18(8-10-19)14(4)20/h11-12H,5-10H2,1-4H3. The highest BCUT2D eigenvalue weighted by Crippen LogP contribution is 2.34. The Hall–Kier alpha value is -1.80. The van der Waals surface area contributed by atoms with Crippen LogP contribution in [0.5, 0.6) is 11.5 Å². The van der Waals surface area contributed by atoms with Crippen molar-refractivity contribution in [2.45, 2.75) is 32.6 Å². The molecule has 2 rings (SSSR count). The number of carbonyl (C=O) groups is 1. The number of aryl methyl sites for hydroxylation is 1. The van der Waals surface area contributed by atoms with Gasteiger partial charge in [0.2, 0.25) is 15.9 Å². The molecule has 7 nitrogen and oxygen atoms in total. The number of hydrogen-bond acceptors (Lipinski definition) is 5. The lowest BCUT2D eigenvalue weighted by Crippen LogP contribution is -2.49. The number of ether oxygens (including phenoxy) is 2. The summed E-state index contributed by atoms with van der Waals surface area (Å²) < 4.78 is 38.7. The molecule has 0 bridgehead atoms. The van der Waals surface area contributed by atoms with Crippen LogP contribution in [0.3, 0.4) is 0 Å². The maximum Gasteiger partial charge on any atom is 0.247 e. The van der Waals surface area contributed by atoms with E-state index in [9.17, 15) is 13.2 Å². The average Bonchev–Trinajstić information content (AvgIpc) is 2.57. The van der Waals surface area contributed by atoms with Crippen LogP contribution >= 0.6 is 0 Å². The molecule has 1 amide bonds. The monoisotopic (exact) mass is 370 g/mol. The van der Waals surface area contributed by atoms with Crippen molar-refractivity contribution in [2.75, 3.05) is 39.4 Å². The van der Waals surface area contributed by atoms with Gasteiger partial charge in [-0.15, -0.1) is 0 Å². The second-order valence-corrected chi connectivity index (χ2v) is 7.75. The van der Waals surface area contributed by atoms with Crippen LogP contribution in [0.4, 0.5) is 0 Å². The van der Waals surface area contributed by atoms with E-state index >= 15 is 0 Å². The highest BCUT2D eigenvalue weighted by Gasteiger charge is 2.32. The molecule has 1 aromatic carbocycles. The highest BCUT2D eigenvalue weighted by molar-refractivity contribution is 7.89. The number of hydrogen-bond donors (Lipinski definition) is 0. The van der Waals surface area contributed by atoms with Crippen LogP contribution < -0.4 is 9.47 Å². The van der Waals surface area contributed by atoms with Crippen LogP contribution in [0.1, 0.15) is 26.3 Å². The van der Waals surface area contributed by atoms with Crippen molar-refractivity contribution >= 4 is 15.9 Å². The summed E-state index contributed by atoms with van der Waals surface area (Å²) in [7, 11) is -3.73. The van der Waals surface area contributed by atoms with E-state index in [4.69, 9.17) is 9.47 Å². The highest BCUT2D eigenvalue weighted by atomic mass is 32.2. The summed E-state index contributed by atoms with van der Waals surface area (Å²) in [6, 6.07) is 3.24. The number of piperazine rings is 1.